The summed E-state index contributed by atoms with van der Waals surface area (Å²) in [5.74, 6) is -1.04. The maximum atomic E-state index is 13.9. The molecule has 0 spiro atoms. The molecular formula is C15H14BrFN2O. The minimum absolute atomic E-state index is 0.00735. The number of nitrogens with zero attached hydrogens (tertiary/aromatic N) is 1. The smallest absolute Gasteiger partial charge is 0.258 e. The standard InChI is InChI=1S/C15H14BrFN2O/c1-19(2)13-9-4-3-8-12(13)18-15(20)10-6-5-7-11(16)14(10)17/h3-9H,1-2H3,(H,18,20). The SMILES string of the molecule is CN(C)c1ccccc1NC(=O)c1cccc(Br)c1F. The Kier molecular flexibility index (Phi) is 4.39. The van der Waals surface area contributed by atoms with Crippen LogP contribution in [0.15, 0.2) is 46.9 Å². The van der Waals surface area contributed by atoms with Crippen LogP contribution in [0.25, 0.3) is 0 Å². The molecule has 1 amide bonds. The minimum Gasteiger partial charge on any atom is -0.376 e. The monoisotopic (exact) mass is 336 g/mol. The van der Waals surface area contributed by atoms with E-state index in [1.165, 1.54) is 6.07 Å². The van der Waals surface area contributed by atoms with E-state index in [0.717, 1.165) is 5.69 Å². The van der Waals surface area contributed by atoms with Crippen molar-refractivity contribution < 1.29 is 9.18 Å². The van der Waals surface area contributed by atoms with Crippen molar-refractivity contribution in [2.24, 2.45) is 0 Å². The second-order valence-corrected chi connectivity index (χ2v) is 5.32. The summed E-state index contributed by atoms with van der Waals surface area (Å²) in [4.78, 5) is 14.1. The van der Waals surface area contributed by atoms with Crippen LogP contribution in [0.3, 0.4) is 0 Å². The van der Waals surface area contributed by atoms with Gasteiger partial charge in [0.25, 0.3) is 5.91 Å². The van der Waals surface area contributed by atoms with Gasteiger partial charge in [-0.15, -0.1) is 0 Å². The van der Waals surface area contributed by atoms with Gasteiger partial charge >= 0.3 is 0 Å². The van der Waals surface area contributed by atoms with Gasteiger partial charge < -0.3 is 10.2 Å². The average molecular weight is 337 g/mol. The van der Waals surface area contributed by atoms with Crippen LogP contribution >= 0.6 is 15.9 Å². The van der Waals surface area contributed by atoms with Crippen molar-refractivity contribution in [1.82, 2.24) is 0 Å². The molecule has 5 heteroatoms. The molecule has 1 N–H and O–H groups in total. The molecule has 0 unspecified atom stereocenters. The third kappa shape index (κ3) is 2.99. The van der Waals surface area contributed by atoms with E-state index in [4.69, 9.17) is 0 Å². The zero-order valence-corrected chi connectivity index (χ0v) is 12.7. The molecule has 0 aliphatic carbocycles. The van der Waals surface area contributed by atoms with Crippen molar-refractivity contribution in [2.45, 2.75) is 0 Å². The van der Waals surface area contributed by atoms with E-state index in [1.807, 2.05) is 37.2 Å². The van der Waals surface area contributed by atoms with Crippen molar-refractivity contribution >= 4 is 33.2 Å². The van der Waals surface area contributed by atoms with Crippen molar-refractivity contribution in [3.8, 4) is 0 Å². The van der Waals surface area contributed by atoms with E-state index < -0.39 is 11.7 Å². The van der Waals surface area contributed by atoms with Crippen LogP contribution in [0.4, 0.5) is 15.8 Å². The molecule has 0 aliphatic rings. The fourth-order valence-electron chi connectivity index (χ4n) is 1.84. The number of amides is 1. The van der Waals surface area contributed by atoms with E-state index in [9.17, 15) is 9.18 Å². The molecule has 2 rings (SSSR count). The number of carbonyl (C=O) groups excluding carboxylic acids is 1. The molecule has 0 radical (unpaired) electrons. The number of anilines is 2. The highest BCUT2D eigenvalue weighted by atomic mass is 79.9. The molecule has 0 aromatic heterocycles. The summed E-state index contributed by atoms with van der Waals surface area (Å²) < 4.78 is 14.2. The quantitative estimate of drug-likeness (QED) is 0.921. The van der Waals surface area contributed by atoms with Crippen LogP contribution in [-0.4, -0.2) is 20.0 Å². The van der Waals surface area contributed by atoms with Crippen molar-refractivity contribution in [1.29, 1.82) is 0 Å². The number of nitrogens with one attached hydrogen (secondary N) is 1. The van der Waals surface area contributed by atoms with Crippen LogP contribution in [0.2, 0.25) is 0 Å². The maximum Gasteiger partial charge on any atom is 0.258 e. The van der Waals surface area contributed by atoms with E-state index in [0.29, 0.717) is 5.69 Å². The third-order valence-corrected chi connectivity index (χ3v) is 3.44. The zero-order valence-electron chi connectivity index (χ0n) is 11.2. The molecule has 2 aromatic carbocycles. The number of benzene rings is 2. The Hall–Kier alpha value is -1.88. The molecule has 3 nitrogen and oxygen atoms in total. The van der Waals surface area contributed by atoms with Crippen molar-refractivity contribution in [3.63, 3.8) is 0 Å². The first-order valence-electron chi connectivity index (χ1n) is 6.02. The van der Waals surface area contributed by atoms with E-state index in [1.54, 1.807) is 18.2 Å². The Morgan fingerprint density at radius 1 is 1.15 bits per heavy atom. The highest BCUT2D eigenvalue weighted by Gasteiger charge is 2.15. The van der Waals surface area contributed by atoms with Gasteiger partial charge in [-0.05, 0) is 40.2 Å². The number of rotatable bonds is 3. The van der Waals surface area contributed by atoms with Gasteiger partial charge in [-0.3, -0.25) is 4.79 Å². The summed E-state index contributed by atoms with van der Waals surface area (Å²) in [6.07, 6.45) is 0. The molecule has 2 aromatic rings. The first-order valence-corrected chi connectivity index (χ1v) is 6.81. The summed E-state index contributed by atoms with van der Waals surface area (Å²) in [6, 6.07) is 12.0. The highest BCUT2D eigenvalue weighted by molar-refractivity contribution is 9.10. The van der Waals surface area contributed by atoms with Crippen LogP contribution in [0, 0.1) is 5.82 Å². The van der Waals surface area contributed by atoms with Gasteiger partial charge in [0.05, 0.1) is 21.4 Å². The van der Waals surface area contributed by atoms with Gasteiger partial charge in [-0.2, -0.15) is 0 Å². The van der Waals surface area contributed by atoms with E-state index >= 15 is 0 Å². The molecule has 0 heterocycles. The Balaban J connectivity index is 2.31. The van der Waals surface area contributed by atoms with Crippen LogP contribution in [0.5, 0.6) is 0 Å². The van der Waals surface area contributed by atoms with Crippen LogP contribution < -0.4 is 10.2 Å². The van der Waals surface area contributed by atoms with Gasteiger partial charge in [-0.25, -0.2) is 4.39 Å². The molecule has 20 heavy (non-hydrogen) atoms. The number of hydrogen-bond acceptors (Lipinski definition) is 2. The number of hydrogen-bond donors (Lipinski definition) is 1. The first kappa shape index (κ1) is 14.5. The van der Waals surface area contributed by atoms with Crippen molar-refractivity contribution in [3.05, 3.63) is 58.3 Å². The fourth-order valence-corrected chi connectivity index (χ4v) is 2.20. The summed E-state index contributed by atoms with van der Waals surface area (Å²) in [5.41, 5.74) is 1.51. The minimum atomic E-state index is -0.563. The van der Waals surface area contributed by atoms with Crippen LogP contribution in [0.1, 0.15) is 10.4 Å². The Bertz CT molecular complexity index is 644. The van der Waals surface area contributed by atoms with E-state index in [-0.39, 0.29) is 10.0 Å². The van der Waals surface area contributed by atoms with Gasteiger partial charge in [0.2, 0.25) is 0 Å². The predicted molar refractivity (Wildman–Crippen MR) is 82.8 cm³/mol. The molecular weight excluding hydrogens is 323 g/mol. The molecule has 0 atom stereocenters. The summed E-state index contributed by atoms with van der Waals surface area (Å²) in [5, 5.41) is 2.73. The lowest BCUT2D eigenvalue weighted by molar-refractivity contribution is 0.102. The maximum absolute atomic E-state index is 13.9. The van der Waals surface area contributed by atoms with Gasteiger partial charge in [0, 0.05) is 14.1 Å². The highest BCUT2D eigenvalue weighted by Crippen LogP contribution is 2.25. The lowest BCUT2D eigenvalue weighted by Crippen LogP contribution is -2.17. The van der Waals surface area contributed by atoms with Gasteiger partial charge in [0.1, 0.15) is 5.82 Å². The topological polar surface area (TPSA) is 32.3 Å². The molecule has 0 bridgehead atoms. The Morgan fingerprint density at radius 2 is 1.85 bits per heavy atom. The molecule has 0 saturated heterocycles. The lowest BCUT2D eigenvalue weighted by Gasteiger charge is -2.17. The molecule has 104 valence electrons. The Labute approximate surface area is 125 Å². The van der Waals surface area contributed by atoms with E-state index in [2.05, 4.69) is 21.2 Å². The normalized spacial score (nSPS) is 10.2. The number of halogens is 2. The van der Waals surface area contributed by atoms with Gasteiger partial charge in [0.15, 0.2) is 0 Å². The second kappa shape index (κ2) is 6.05. The number of carbonyl (C=O) groups is 1. The first-order chi connectivity index (χ1) is 9.50. The Morgan fingerprint density at radius 3 is 2.55 bits per heavy atom. The number of para-hydroxylation sites is 2. The average Bonchev–Trinajstić information content (AvgIpc) is 2.42. The second-order valence-electron chi connectivity index (χ2n) is 4.47. The van der Waals surface area contributed by atoms with Gasteiger partial charge in [-0.1, -0.05) is 18.2 Å². The summed E-state index contributed by atoms with van der Waals surface area (Å²) in [7, 11) is 3.76. The molecule has 0 fully saturated rings. The zero-order chi connectivity index (χ0) is 14.7. The summed E-state index contributed by atoms with van der Waals surface area (Å²) in [6.45, 7) is 0. The fraction of sp³-hybridized carbons (Fsp3) is 0.133. The van der Waals surface area contributed by atoms with Crippen LogP contribution in [-0.2, 0) is 0 Å². The predicted octanol–water partition coefficient (Wildman–Crippen LogP) is 3.91. The van der Waals surface area contributed by atoms with Crippen molar-refractivity contribution in [2.75, 3.05) is 24.3 Å². The third-order valence-electron chi connectivity index (χ3n) is 2.83. The summed E-state index contributed by atoms with van der Waals surface area (Å²) >= 11 is 3.07. The molecule has 0 saturated carbocycles. The lowest BCUT2D eigenvalue weighted by atomic mass is 10.2. The largest absolute Gasteiger partial charge is 0.376 e. The molecule has 0 aliphatic heterocycles.